The highest BCUT2D eigenvalue weighted by molar-refractivity contribution is 7.98. The molecule has 1 fully saturated rings. The molecule has 1 amide bonds. The van der Waals surface area contributed by atoms with Crippen LogP contribution in [0.2, 0.25) is 5.02 Å². The zero-order valence-corrected chi connectivity index (χ0v) is 19.9. The summed E-state index contributed by atoms with van der Waals surface area (Å²) in [5.41, 5.74) is 0.994. The van der Waals surface area contributed by atoms with Gasteiger partial charge in [-0.3, -0.25) is 4.79 Å². The summed E-state index contributed by atoms with van der Waals surface area (Å²) >= 11 is 7.87. The van der Waals surface area contributed by atoms with Crippen molar-refractivity contribution in [1.29, 1.82) is 0 Å². The SMILES string of the molecule is CSc1ccc([C@H](C)NC(=O)COc2ccc(S(=O)(=O)NC3CCCC3)cc2Cl)cc1. The first kappa shape index (κ1) is 23.9. The van der Waals surface area contributed by atoms with Crippen LogP contribution in [0.4, 0.5) is 0 Å². The molecule has 31 heavy (non-hydrogen) atoms. The number of benzene rings is 2. The Labute approximate surface area is 193 Å². The van der Waals surface area contributed by atoms with E-state index < -0.39 is 10.0 Å². The quantitative estimate of drug-likeness (QED) is 0.512. The van der Waals surface area contributed by atoms with Crippen LogP contribution in [0.5, 0.6) is 5.75 Å². The van der Waals surface area contributed by atoms with Gasteiger partial charge in [0.2, 0.25) is 10.0 Å². The molecule has 0 radical (unpaired) electrons. The largest absolute Gasteiger partial charge is 0.482 e. The lowest BCUT2D eigenvalue weighted by Crippen LogP contribution is -2.32. The Balaban J connectivity index is 1.55. The van der Waals surface area contributed by atoms with Crippen molar-refractivity contribution in [3.05, 3.63) is 53.1 Å². The molecule has 1 aliphatic rings. The summed E-state index contributed by atoms with van der Waals surface area (Å²) in [5.74, 6) is -0.0364. The van der Waals surface area contributed by atoms with Crippen molar-refractivity contribution < 1.29 is 17.9 Å². The Morgan fingerprint density at radius 2 is 1.87 bits per heavy atom. The molecular weight excluding hydrogens is 456 g/mol. The van der Waals surface area contributed by atoms with Gasteiger partial charge in [-0.1, -0.05) is 36.6 Å². The Morgan fingerprint density at radius 3 is 2.48 bits per heavy atom. The minimum Gasteiger partial charge on any atom is -0.482 e. The van der Waals surface area contributed by atoms with Crippen molar-refractivity contribution >= 4 is 39.3 Å². The number of carbonyl (C=O) groups is 1. The Bertz CT molecular complexity index is 1010. The molecule has 0 heterocycles. The fourth-order valence-corrected chi connectivity index (χ4v) is 5.54. The number of nitrogens with one attached hydrogen (secondary N) is 2. The van der Waals surface area contributed by atoms with Gasteiger partial charge in [0.25, 0.3) is 5.91 Å². The van der Waals surface area contributed by atoms with E-state index in [1.165, 1.54) is 18.2 Å². The molecule has 0 unspecified atom stereocenters. The molecule has 1 saturated carbocycles. The molecular formula is C22H27ClN2O4S2. The molecule has 0 saturated heterocycles. The van der Waals surface area contributed by atoms with Crippen LogP contribution >= 0.6 is 23.4 Å². The van der Waals surface area contributed by atoms with Crippen molar-refractivity contribution in [3.8, 4) is 5.75 Å². The Kier molecular flexibility index (Phi) is 8.27. The van der Waals surface area contributed by atoms with Gasteiger partial charge in [0.1, 0.15) is 5.75 Å². The first-order valence-corrected chi connectivity index (χ1v) is 13.2. The maximum absolute atomic E-state index is 12.5. The summed E-state index contributed by atoms with van der Waals surface area (Å²) in [6.07, 6.45) is 5.78. The van der Waals surface area contributed by atoms with Crippen molar-refractivity contribution in [2.45, 2.75) is 54.5 Å². The van der Waals surface area contributed by atoms with Crippen LogP contribution in [-0.4, -0.2) is 33.2 Å². The van der Waals surface area contributed by atoms with E-state index in [2.05, 4.69) is 10.0 Å². The standard InChI is InChI=1S/C22H27ClN2O4S2/c1-15(16-7-9-18(30-2)10-8-16)24-22(26)14-29-21-12-11-19(13-20(21)23)31(27,28)25-17-5-3-4-6-17/h7-13,15,17,25H,3-6,14H2,1-2H3,(H,24,26)/t15-/m0/s1. The smallest absolute Gasteiger partial charge is 0.258 e. The minimum absolute atomic E-state index is 0.0256. The van der Waals surface area contributed by atoms with E-state index in [9.17, 15) is 13.2 Å². The predicted octanol–water partition coefficient (Wildman–Crippen LogP) is 4.54. The Hall–Kier alpha value is -1.74. The lowest BCUT2D eigenvalue weighted by molar-refractivity contribution is -0.123. The number of halogens is 1. The number of hydrogen-bond acceptors (Lipinski definition) is 5. The first-order valence-electron chi connectivity index (χ1n) is 10.2. The third-order valence-corrected chi connectivity index (χ3v) is 7.80. The van der Waals surface area contributed by atoms with Crippen molar-refractivity contribution in [2.24, 2.45) is 0 Å². The second-order valence-electron chi connectivity index (χ2n) is 7.55. The molecule has 0 spiro atoms. The average Bonchev–Trinajstić information content (AvgIpc) is 3.25. The zero-order valence-electron chi connectivity index (χ0n) is 17.6. The van der Waals surface area contributed by atoms with Crippen LogP contribution in [0, 0.1) is 0 Å². The van der Waals surface area contributed by atoms with E-state index in [0.717, 1.165) is 36.1 Å². The van der Waals surface area contributed by atoms with Gasteiger partial charge in [-0.05, 0) is 61.9 Å². The predicted molar refractivity (Wildman–Crippen MR) is 124 cm³/mol. The topological polar surface area (TPSA) is 84.5 Å². The van der Waals surface area contributed by atoms with Crippen molar-refractivity contribution in [1.82, 2.24) is 10.0 Å². The van der Waals surface area contributed by atoms with Crippen molar-refractivity contribution in [3.63, 3.8) is 0 Å². The fourth-order valence-electron chi connectivity index (χ4n) is 3.50. The normalized spacial score (nSPS) is 15.6. The van der Waals surface area contributed by atoms with Crippen LogP contribution in [0.15, 0.2) is 52.3 Å². The van der Waals surface area contributed by atoms with Gasteiger partial charge in [0, 0.05) is 10.9 Å². The number of hydrogen-bond donors (Lipinski definition) is 2. The number of carbonyl (C=O) groups excluding carboxylic acids is 1. The highest BCUT2D eigenvalue weighted by Gasteiger charge is 2.23. The molecule has 2 N–H and O–H groups in total. The first-order chi connectivity index (χ1) is 14.8. The number of ether oxygens (including phenoxy) is 1. The van der Waals surface area contributed by atoms with Gasteiger partial charge in [-0.25, -0.2) is 13.1 Å². The maximum atomic E-state index is 12.5. The summed E-state index contributed by atoms with van der Waals surface area (Å²) in [6, 6.07) is 12.0. The summed E-state index contributed by atoms with van der Waals surface area (Å²) in [5, 5.41) is 3.02. The second kappa shape index (κ2) is 10.7. The molecule has 9 heteroatoms. The Morgan fingerprint density at radius 1 is 1.19 bits per heavy atom. The van der Waals surface area contributed by atoms with E-state index in [0.29, 0.717) is 0 Å². The van der Waals surface area contributed by atoms with E-state index in [-0.39, 0.29) is 40.3 Å². The molecule has 0 aromatic heterocycles. The van der Waals surface area contributed by atoms with Gasteiger partial charge in [-0.2, -0.15) is 0 Å². The molecule has 1 aliphatic carbocycles. The summed E-state index contributed by atoms with van der Waals surface area (Å²) in [6.45, 7) is 1.68. The number of amides is 1. The second-order valence-corrected chi connectivity index (χ2v) is 10.5. The summed E-state index contributed by atoms with van der Waals surface area (Å²) in [7, 11) is -3.64. The van der Waals surface area contributed by atoms with Gasteiger partial charge < -0.3 is 10.1 Å². The molecule has 2 aromatic rings. The molecule has 0 bridgehead atoms. The van der Waals surface area contributed by atoms with E-state index in [1.807, 2.05) is 37.4 Å². The third kappa shape index (κ3) is 6.62. The maximum Gasteiger partial charge on any atom is 0.258 e. The monoisotopic (exact) mass is 482 g/mol. The highest BCUT2D eigenvalue weighted by atomic mass is 35.5. The van der Waals surface area contributed by atoms with Crippen LogP contribution in [0.3, 0.4) is 0 Å². The van der Waals surface area contributed by atoms with Gasteiger partial charge in [0.15, 0.2) is 6.61 Å². The zero-order chi connectivity index (χ0) is 22.4. The number of rotatable bonds is 9. The average molecular weight is 483 g/mol. The van der Waals surface area contributed by atoms with E-state index >= 15 is 0 Å². The van der Waals surface area contributed by atoms with Crippen LogP contribution in [0.1, 0.15) is 44.2 Å². The molecule has 6 nitrogen and oxygen atoms in total. The van der Waals surface area contributed by atoms with Crippen LogP contribution in [-0.2, 0) is 14.8 Å². The van der Waals surface area contributed by atoms with E-state index in [4.69, 9.17) is 16.3 Å². The third-order valence-electron chi connectivity index (χ3n) is 5.24. The van der Waals surface area contributed by atoms with Gasteiger partial charge in [0.05, 0.1) is 16.0 Å². The highest BCUT2D eigenvalue weighted by Crippen LogP contribution is 2.28. The van der Waals surface area contributed by atoms with Gasteiger partial charge in [-0.15, -0.1) is 11.8 Å². The number of thioether (sulfide) groups is 1. The molecule has 168 valence electrons. The van der Waals surface area contributed by atoms with Gasteiger partial charge >= 0.3 is 0 Å². The molecule has 2 aromatic carbocycles. The molecule has 3 rings (SSSR count). The number of sulfonamides is 1. The van der Waals surface area contributed by atoms with Crippen molar-refractivity contribution in [2.75, 3.05) is 12.9 Å². The van der Waals surface area contributed by atoms with Crippen LogP contribution in [0.25, 0.3) is 0 Å². The lowest BCUT2D eigenvalue weighted by atomic mass is 10.1. The van der Waals surface area contributed by atoms with Crippen LogP contribution < -0.4 is 14.8 Å². The minimum atomic E-state index is -3.64. The summed E-state index contributed by atoms with van der Waals surface area (Å²) in [4.78, 5) is 13.5. The van der Waals surface area contributed by atoms with E-state index in [1.54, 1.807) is 11.8 Å². The molecule has 1 atom stereocenters. The summed E-state index contributed by atoms with van der Waals surface area (Å²) < 4.78 is 33.3. The fraction of sp³-hybridized carbons (Fsp3) is 0.409. The lowest BCUT2D eigenvalue weighted by Gasteiger charge is -2.16. The molecule has 0 aliphatic heterocycles.